The van der Waals surface area contributed by atoms with Crippen molar-refractivity contribution in [1.29, 1.82) is 0 Å². The third-order valence-corrected chi connectivity index (χ3v) is 2.81. The average Bonchev–Trinajstić information content (AvgIpc) is 2.47. The minimum Gasteiger partial charge on any atom is -0.467 e. The Bertz CT molecular complexity index is 599. The van der Waals surface area contributed by atoms with Gasteiger partial charge in [-0.1, -0.05) is 18.2 Å². The Balaban J connectivity index is 2.31. The van der Waals surface area contributed by atoms with Crippen LogP contribution < -0.4 is 5.32 Å². The number of methoxy groups -OCH3 is 1. The second-order valence-electron chi connectivity index (χ2n) is 4.13. The predicted molar refractivity (Wildman–Crippen MR) is 71.2 cm³/mol. The lowest BCUT2D eigenvalue weighted by atomic mass is 10.1. The van der Waals surface area contributed by atoms with Gasteiger partial charge in [-0.15, -0.1) is 0 Å². The van der Waals surface area contributed by atoms with Gasteiger partial charge in [-0.3, -0.25) is 0 Å². The van der Waals surface area contributed by atoms with Gasteiger partial charge in [0, 0.05) is 11.3 Å². The minimum absolute atomic E-state index is 0.170. The molecule has 0 spiro atoms. The first kappa shape index (κ1) is 14.0. The first-order chi connectivity index (χ1) is 9.61. The number of halogens is 2. The van der Waals surface area contributed by atoms with Gasteiger partial charge in [-0.05, 0) is 30.3 Å². The van der Waals surface area contributed by atoms with Crippen LogP contribution in [-0.2, 0) is 9.53 Å². The normalized spacial score (nSPS) is 11.8. The molecule has 0 heterocycles. The number of carbonyl (C=O) groups excluding carboxylic acids is 1. The van der Waals surface area contributed by atoms with E-state index in [4.69, 9.17) is 0 Å². The number of ether oxygens (including phenoxy) is 1. The molecule has 1 unspecified atom stereocenters. The number of nitrogens with one attached hydrogen (secondary N) is 1. The lowest BCUT2D eigenvalue weighted by Gasteiger charge is -2.18. The summed E-state index contributed by atoms with van der Waals surface area (Å²) in [5.41, 5.74) is 0.661. The molecule has 2 aromatic carbocycles. The molecule has 0 aliphatic rings. The van der Waals surface area contributed by atoms with E-state index in [2.05, 4.69) is 10.1 Å². The fourth-order valence-corrected chi connectivity index (χ4v) is 1.80. The molecule has 1 atom stereocenters. The molecule has 20 heavy (non-hydrogen) atoms. The third kappa shape index (κ3) is 3.12. The molecule has 0 aliphatic heterocycles. The van der Waals surface area contributed by atoms with E-state index in [9.17, 15) is 13.6 Å². The second kappa shape index (κ2) is 6.14. The zero-order chi connectivity index (χ0) is 14.5. The van der Waals surface area contributed by atoms with Crippen molar-refractivity contribution in [3.05, 3.63) is 65.7 Å². The number of hydrogen-bond acceptors (Lipinski definition) is 3. The number of hydrogen-bond donors (Lipinski definition) is 1. The summed E-state index contributed by atoms with van der Waals surface area (Å²) in [5, 5.41) is 2.83. The fourth-order valence-electron chi connectivity index (χ4n) is 1.80. The Kier molecular flexibility index (Phi) is 4.30. The largest absolute Gasteiger partial charge is 0.467 e. The van der Waals surface area contributed by atoms with E-state index in [1.165, 1.54) is 49.6 Å². The van der Waals surface area contributed by atoms with Gasteiger partial charge in [0.05, 0.1) is 7.11 Å². The Hall–Kier alpha value is -2.43. The summed E-state index contributed by atoms with van der Waals surface area (Å²) < 4.78 is 31.3. The molecule has 104 valence electrons. The van der Waals surface area contributed by atoms with Crippen molar-refractivity contribution in [3.63, 3.8) is 0 Å². The number of carbonyl (C=O) groups is 1. The summed E-state index contributed by atoms with van der Waals surface area (Å²) in [5.74, 6) is -1.53. The van der Waals surface area contributed by atoms with Gasteiger partial charge in [0.1, 0.15) is 11.6 Å². The Morgan fingerprint density at radius 3 is 2.35 bits per heavy atom. The Morgan fingerprint density at radius 1 is 1.10 bits per heavy atom. The molecule has 0 amide bonds. The molecular weight excluding hydrogens is 264 g/mol. The van der Waals surface area contributed by atoms with Gasteiger partial charge in [-0.25, -0.2) is 13.6 Å². The summed E-state index contributed by atoms with van der Waals surface area (Å²) in [6.07, 6.45) is 0. The zero-order valence-electron chi connectivity index (χ0n) is 10.8. The highest BCUT2D eigenvalue weighted by atomic mass is 19.1. The molecule has 3 nitrogen and oxygen atoms in total. The number of rotatable bonds is 4. The highest BCUT2D eigenvalue weighted by molar-refractivity contribution is 5.81. The second-order valence-corrected chi connectivity index (χ2v) is 4.13. The van der Waals surface area contributed by atoms with Crippen LogP contribution in [0.3, 0.4) is 0 Å². The number of anilines is 1. The standard InChI is InChI=1S/C15H13F2NO2/c1-20-15(19)14(12-4-2-3-5-13(12)17)18-11-8-6-10(16)7-9-11/h2-9,14,18H,1H3. The lowest BCUT2D eigenvalue weighted by Crippen LogP contribution is -2.23. The molecule has 5 heteroatoms. The van der Waals surface area contributed by atoms with Crippen molar-refractivity contribution >= 4 is 11.7 Å². The average molecular weight is 277 g/mol. The summed E-state index contributed by atoms with van der Waals surface area (Å²) in [7, 11) is 1.22. The molecule has 2 aromatic rings. The summed E-state index contributed by atoms with van der Waals surface area (Å²) in [6, 6.07) is 10.3. The quantitative estimate of drug-likeness (QED) is 0.871. The van der Waals surface area contributed by atoms with Crippen molar-refractivity contribution in [3.8, 4) is 0 Å². The van der Waals surface area contributed by atoms with Crippen LogP contribution in [0.15, 0.2) is 48.5 Å². The van der Waals surface area contributed by atoms with E-state index in [0.717, 1.165) is 0 Å². The van der Waals surface area contributed by atoms with Gasteiger partial charge < -0.3 is 10.1 Å². The van der Waals surface area contributed by atoms with Crippen molar-refractivity contribution in [1.82, 2.24) is 0 Å². The van der Waals surface area contributed by atoms with Gasteiger partial charge >= 0.3 is 5.97 Å². The molecule has 1 N–H and O–H groups in total. The molecule has 0 radical (unpaired) electrons. The van der Waals surface area contributed by atoms with E-state index >= 15 is 0 Å². The van der Waals surface area contributed by atoms with Crippen LogP contribution in [-0.4, -0.2) is 13.1 Å². The molecule has 0 saturated carbocycles. The van der Waals surface area contributed by atoms with Crippen LogP contribution in [0.1, 0.15) is 11.6 Å². The van der Waals surface area contributed by atoms with Crippen molar-refractivity contribution in [2.24, 2.45) is 0 Å². The zero-order valence-corrected chi connectivity index (χ0v) is 10.8. The van der Waals surface area contributed by atoms with Crippen LogP contribution in [0.5, 0.6) is 0 Å². The van der Waals surface area contributed by atoms with E-state index in [0.29, 0.717) is 5.69 Å². The van der Waals surface area contributed by atoms with Crippen molar-refractivity contribution in [2.75, 3.05) is 12.4 Å². The van der Waals surface area contributed by atoms with Gasteiger partial charge in [0.15, 0.2) is 6.04 Å². The van der Waals surface area contributed by atoms with Crippen LogP contribution in [0.4, 0.5) is 14.5 Å². The highest BCUT2D eigenvalue weighted by Gasteiger charge is 2.24. The first-order valence-electron chi connectivity index (χ1n) is 5.96. The van der Waals surface area contributed by atoms with Crippen molar-refractivity contribution in [2.45, 2.75) is 6.04 Å². The van der Waals surface area contributed by atoms with Crippen molar-refractivity contribution < 1.29 is 18.3 Å². The SMILES string of the molecule is COC(=O)C(Nc1ccc(F)cc1)c1ccccc1F. The van der Waals surface area contributed by atoms with E-state index in [1.807, 2.05) is 0 Å². The maximum absolute atomic E-state index is 13.8. The maximum atomic E-state index is 13.8. The Morgan fingerprint density at radius 2 is 1.75 bits per heavy atom. The molecular formula is C15H13F2NO2. The number of benzene rings is 2. The van der Waals surface area contributed by atoms with E-state index in [1.54, 1.807) is 6.07 Å². The third-order valence-electron chi connectivity index (χ3n) is 2.81. The first-order valence-corrected chi connectivity index (χ1v) is 5.96. The van der Waals surface area contributed by atoms with Gasteiger partial charge in [0.25, 0.3) is 0 Å². The van der Waals surface area contributed by atoms with Crippen LogP contribution in [0.2, 0.25) is 0 Å². The highest BCUT2D eigenvalue weighted by Crippen LogP contribution is 2.23. The smallest absolute Gasteiger partial charge is 0.333 e. The van der Waals surface area contributed by atoms with Gasteiger partial charge in [0.2, 0.25) is 0 Å². The fraction of sp³-hybridized carbons (Fsp3) is 0.133. The Labute approximate surface area is 115 Å². The topological polar surface area (TPSA) is 38.3 Å². The van der Waals surface area contributed by atoms with E-state index in [-0.39, 0.29) is 5.56 Å². The van der Waals surface area contributed by atoms with Gasteiger partial charge in [-0.2, -0.15) is 0 Å². The molecule has 0 saturated heterocycles. The monoisotopic (exact) mass is 277 g/mol. The molecule has 0 fully saturated rings. The summed E-state index contributed by atoms with van der Waals surface area (Å²) >= 11 is 0. The predicted octanol–water partition coefficient (Wildman–Crippen LogP) is 3.29. The van der Waals surface area contributed by atoms with Crippen LogP contribution in [0, 0.1) is 11.6 Å². The molecule has 0 aliphatic carbocycles. The molecule has 0 aromatic heterocycles. The molecule has 2 rings (SSSR count). The maximum Gasteiger partial charge on any atom is 0.333 e. The number of esters is 1. The molecule has 0 bridgehead atoms. The van der Waals surface area contributed by atoms with Crippen LogP contribution >= 0.6 is 0 Å². The van der Waals surface area contributed by atoms with Crippen LogP contribution in [0.25, 0.3) is 0 Å². The lowest BCUT2D eigenvalue weighted by molar-refractivity contribution is -0.141. The minimum atomic E-state index is -0.994. The summed E-state index contributed by atoms with van der Waals surface area (Å²) in [6.45, 7) is 0. The van der Waals surface area contributed by atoms with E-state index < -0.39 is 23.6 Å². The summed E-state index contributed by atoms with van der Waals surface area (Å²) in [4.78, 5) is 11.8.